The van der Waals surface area contributed by atoms with Crippen molar-refractivity contribution < 1.29 is 14.3 Å². The van der Waals surface area contributed by atoms with E-state index in [9.17, 15) is 9.59 Å². The molecule has 4 saturated carbocycles. The van der Waals surface area contributed by atoms with Gasteiger partial charge in [0, 0.05) is 6.04 Å². The Hall–Kier alpha value is -2.15. The molecule has 1 N–H and O–H groups in total. The van der Waals surface area contributed by atoms with E-state index >= 15 is 0 Å². The fraction of sp³-hybridized carbons (Fsp3) is 0.565. The lowest BCUT2D eigenvalue weighted by Gasteiger charge is -2.54. The molecule has 30 heavy (non-hydrogen) atoms. The number of thioether (sulfide) groups is 1. The topological polar surface area (TPSA) is 80.1 Å². The zero-order valence-electron chi connectivity index (χ0n) is 17.1. The molecule has 1 aromatic rings. The molecule has 0 aromatic heterocycles. The lowest BCUT2D eigenvalue weighted by molar-refractivity contribution is -0.133. The van der Waals surface area contributed by atoms with Crippen LogP contribution in [0.5, 0.6) is 0 Å². The van der Waals surface area contributed by atoms with Crippen LogP contribution >= 0.6 is 11.8 Å². The summed E-state index contributed by atoms with van der Waals surface area (Å²) < 4.78 is 5.85. The number of hydrogen-bond acceptors (Lipinski definition) is 6. The first-order chi connectivity index (χ1) is 14.6. The predicted octanol–water partition coefficient (Wildman–Crippen LogP) is 3.67. The third kappa shape index (κ3) is 3.37. The highest BCUT2D eigenvalue weighted by Gasteiger charge is 2.54. The highest BCUT2D eigenvalue weighted by molar-refractivity contribution is 8.14. The molecule has 1 amide bonds. The quantitative estimate of drug-likeness (QED) is 0.730. The Morgan fingerprint density at radius 1 is 1.10 bits per heavy atom. The number of benzene rings is 1. The van der Waals surface area contributed by atoms with Crippen LogP contribution in [0.1, 0.15) is 49.4 Å². The summed E-state index contributed by atoms with van der Waals surface area (Å²) in [6, 6.07) is 8.90. The number of nitrogens with zero attached hydrogens (tertiary/aromatic N) is 2. The summed E-state index contributed by atoms with van der Waals surface area (Å²) in [5.74, 6) is 2.56. The van der Waals surface area contributed by atoms with Gasteiger partial charge in [-0.25, -0.2) is 4.79 Å². The Labute approximate surface area is 180 Å². The minimum Gasteiger partial charge on any atom is -0.432 e. The zero-order chi connectivity index (χ0) is 20.7. The van der Waals surface area contributed by atoms with Gasteiger partial charge in [0.05, 0.1) is 11.8 Å². The second-order valence-electron chi connectivity index (χ2n) is 9.00. The molecule has 158 valence electrons. The van der Waals surface area contributed by atoms with Gasteiger partial charge in [-0.2, -0.15) is 5.10 Å². The van der Waals surface area contributed by atoms with Crippen LogP contribution in [0.2, 0.25) is 0 Å². The second-order valence-corrected chi connectivity index (χ2v) is 10.3. The lowest BCUT2D eigenvalue weighted by atomic mass is 9.54. The van der Waals surface area contributed by atoms with Crippen molar-refractivity contribution in [3.8, 4) is 0 Å². The summed E-state index contributed by atoms with van der Waals surface area (Å²) >= 11 is 1.39. The van der Waals surface area contributed by atoms with Crippen molar-refractivity contribution in [2.75, 3.05) is 5.75 Å². The Kier molecular flexibility index (Phi) is 5.17. The maximum Gasteiger partial charge on any atom is 0.339 e. The Morgan fingerprint density at radius 3 is 2.40 bits per heavy atom. The maximum atomic E-state index is 13.6. The number of amides is 1. The Bertz CT molecular complexity index is 872. The summed E-state index contributed by atoms with van der Waals surface area (Å²) in [7, 11) is 0. The molecule has 5 aliphatic rings. The van der Waals surface area contributed by atoms with Crippen LogP contribution in [0.3, 0.4) is 0 Å². The van der Waals surface area contributed by atoms with Gasteiger partial charge in [-0.15, -0.1) is 16.9 Å². The molecule has 6 nitrogen and oxygen atoms in total. The van der Waals surface area contributed by atoms with E-state index in [1.165, 1.54) is 50.1 Å². The van der Waals surface area contributed by atoms with E-state index in [2.05, 4.69) is 15.5 Å². The molecule has 4 fully saturated rings. The summed E-state index contributed by atoms with van der Waals surface area (Å²) in [6.45, 7) is 1.98. The minimum absolute atomic E-state index is 0.152. The summed E-state index contributed by atoms with van der Waals surface area (Å²) in [6.07, 6.45) is 7.56. The Morgan fingerprint density at radius 2 is 1.77 bits per heavy atom. The minimum atomic E-state index is -1.58. The van der Waals surface area contributed by atoms with Crippen LogP contribution in [0.15, 0.2) is 40.5 Å². The molecule has 4 aliphatic carbocycles. The maximum absolute atomic E-state index is 13.6. The van der Waals surface area contributed by atoms with Crippen LogP contribution in [0.25, 0.3) is 0 Å². The first kappa shape index (κ1) is 19.8. The standard InChI is InChI=1S/C23H27N3O3S/c1-2-30-22-23(13-24-26-22,29-20(27)16-6-4-3-5-7-16)21(28)25-19-17-9-14-8-15(11-17)12-18(19)10-14/h3-7,13-15,17-19H,2,8-12H2,1H3,(H,25,28). The molecular formula is C23H27N3O3S. The van der Waals surface area contributed by atoms with Gasteiger partial charge in [0.15, 0.2) is 5.04 Å². The van der Waals surface area contributed by atoms with Gasteiger partial charge < -0.3 is 10.1 Å². The number of hydrogen-bond donors (Lipinski definition) is 1. The first-order valence-corrected chi connectivity index (χ1v) is 11.9. The molecule has 0 spiro atoms. The van der Waals surface area contributed by atoms with E-state index < -0.39 is 11.6 Å². The van der Waals surface area contributed by atoms with Gasteiger partial charge in [0.25, 0.3) is 11.5 Å². The monoisotopic (exact) mass is 425 g/mol. The van der Waals surface area contributed by atoms with Gasteiger partial charge in [-0.05, 0) is 73.7 Å². The van der Waals surface area contributed by atoms with Gasteiger partial charge in [-0.3, -0.25) is 4.79 Å². The average molecular weight is 426 g/mol. The van der Waals surface area contributed by atoms with Gasteiger partial charge in [-0.1, -0.05) is 25.1 Å². The molecule has 0 radical (unpaired) electrons. The van der Waals surface area contributed by atoms with E-state index in [1.54, 1.807) is 24.3 Å². The van der Waals surface area contributed by atoms with Gasteiger partial charge >= 0.3 is 5.97 Å². The first-order valence-electron chi connectivity index (χ1n) is 10.9. The number of nitrogens with one attached hydrogen (secondary N) is 1. The van der Waals surface area contributed by atoms with Crippen molar-refractivity contribution in [2.24, 2.45) is 33.9 Å². The second kappa shape index (κ2) is 7.84. The number of ether oxygens (including phenoxy) is 1. The zero-order valence-corrected chi connectivity index (χ0v) is 17.9. The summed E-state index contributed by atoms with van der Waals surface area (Å²) in [5, 5.41) is 11.9. The van der Waals surface area contributed by atoms with Crippen molar-refractivity contribution >= 4 is 34.9 Å². The van der Waals surface area contributed by atoms with Crippen LogP contribution < -0.4 is 5.32 Å². The van der Waals surface area contributed by atoms with E-state index in [0.717, 1.165) is 11.8 Å². The van der Waals surface area contributed by atoms with Gasteiger partial charge in [0.2, 0.25) is 0 Å². The summed E-state index contributed by atoms with van der Waals surface area (Å²) in [5.41, 5.74) is -1.18. The van der Waals surface area contributed by atoms with Crippen molar-refractivity contribution in [1.29, 1.82) is 0 Å². The highest BCUT2D eigenvalue weighted by Crippen LogP contribution is 2.53. The molecule has 1 atom stereocenters. The lowest BCUT2D eigenvalue weighted by Crippen LogP contribution is -2.62. The molecule has 1 aromatic carbocycles. The van der Waals surface area contributed by atoms with Crippen LogP contribution in [0.4, 0.5) is 0 Å². The number of rotatable bonds is 5. The fourth-order valence-corrected chi connectivity index (χ4v) is 6.82. The largest absolute Gasteiger partial charge is 0.432 e. The average Bonchev–Trinajstić information content (AvgIpc) is 3.14. The van der Waals surface area contributed by atoms with Crippen LogP contribution in [-0.2, 0) is 9.53 Å². The van der Waals surface area contributed by atoms with E-state index in [1.807, 2.05) is 13.0 Å². The molecule has 1 aliphatic heterocycles. The smallest absolute Gasteiger partial charge is 0.339 e. The van der Waals surface area contributed by atoms with Crippen LogP contribution in [-0.4, -0.2) is 40.5 Å². The SMILES string of the molecule is CCSC1=NN=CC1(OC(=O)c1ccccc1)C(=O)NC1C2CC3CC(C2)CC1C3. The molecule has 4 bridgehead atoms. The number of esters is 1. The Balaban J connectivity index is 1.39. The van der Waals surface area contributed by atoms with Crippen molar-refractivity contribution in [3.05, 3.63) is 35.9 Å². The van der Waals surface area contributed by atoms with Crippen molar-refractivity contribution in [3.63, 3.8) is 0 Å². The van der Waals surface area contributed by atoms with E-state index in [-0.39, 0.29) is 11.9 Å². The van der Waals surface area contributed by atoms with E-state index in [4.69, 9.17) is 4.74 Å². The number of carbonyl (C=O) groups excluding carboxylic acids is 2. The normalized spacial score (nSPS) is 35.9. The molecule has 6 rings (SSSR count). The molecular weight excluding hydrogens is 398 g/mol. The molecule has 1 heterocycles. The molecule has 0 saturated heterocycles. The van der Waals surface area contributed by atoms with Crippen molar-refractivity contribution in [2.45, 2.75) is 50.7 Å². The fourth-order valence-electron chi connectivity index (χ4n) is 6.04. The third-order valence-electron chi connectivity index (χ3n) is 7.11. The van der Waals surface area contributed by atoms with Gasteiger partial charge in [0.1, 0.15) is 0 Å². The highest BCUT2D eigenvalue weighted by atomic mass is 32.2. The number of carbonyl (C=O) groups is 2. The van der Waals surface area contributed by atoms with Crippen LogP contribution in [0, 0.1) is 23.7 Å². The summed E-state index contributed by atoms with van der Waals surface area (Å²) in [4.78, 5) is 26.5. The third-order valence-corrected chi connectivity index (χ3v) is 8.06. The molecule has 1 unspecified atom stereocenters. The van der Waals surface area contributed by atoms with Crippen molar-refractivity contribution in [1.82, 2.24) is 5.32 Å². The van der Waals surface area contributed by atoms with E-state index in [0.29, 0.717) is 28.2 Å². The predicted molar refractivity (Wildman–Crippen MR) is 118 cm³/mol. The molecule has 7 heteroatoms.